The Bertz CT molecular complexity index is 347. The first-order valence-electron chi connectivity index (χ1n) is 7.51. The molecule has 1 saturated heterocycles. The van der Waals surface area contributed by atoms with Gasteiger partial charge in [0, 0.05) is 12.6 Å². The first-order valence-corrected chi connectivity index (χ1v) is 7.51. The number of nitrogens with one attached hydrogen (secondary N) is 1. The van der Waals surface area contributed by atoms with Gasteiger partial charge in [-0.2, -0.15) is 0 Å². The lowest BCUT2D eigenvalue weighted by atomic mass is 9.80. The summed E-state index contributed by atoms with van der Waals surface area (Å²) >= 11 is 0. The van der Waals surface area contributed by atoms with Crippen LogP contribution < -0.4 is 11.1 Å². The van der Waals surface area contributed by atoms with Crippen LogP contribution in [-0.2, 0) is 4.79 Å². The van der Waals surface area contributed by atoms with Crippen LogP contribution in [0.25, 0.3) is 0 Å². The van der Waals surface area contributed by atoms with E-state index in [1.807, 2.05) is 20.8 Å². The molecule has 6 nitrogen and oxygen atoms in total. The Morgan fingerprint density at radius 2 is 1.95 bits per heavy atom. The number of likely N-dealkylation sites (tertiary alicyclic amines) is 1. The second-order valence-corrected chi connectivity index (χ2v) is 5.66. The third-order valence-electron chi connectivity index (χ3n) is 4.35. The first kappa shape index (κ1) is 16.8. The van der Waals surface area contributed by atoms with Crippen molar-refractivity contribution in [1.82, 2.24) is 10.2 Å². The summed E-state index contributed by atoms with van der Waals surface area (Å²) in [6, 6.07) is 0.0598. The fraction of sp³-hybridized carbons (Fsp3) is 0.857. The minimum Gasteiger partial charge on any atom is -0.409 e. The van der Waals surface area contributed by atoms with Gasteiger partial charge in [-0.3, -0.25) is 4.79 Å². The molecule has 1 amide bonds. The number of carbonyl (C=O) groups excluding carboxylic acids is 1. The van der Waals surface area contributed by atoms with Crippen LogP contribution in [-0.4, -0.2) is 47.5 Å². The monoisotopic (exact) mass is 284 g/mol. The van der Waals surface area contributed by atoms with E-state index in [0.717, 1.165) is 19.6 Å². The van der Waals surface area contributed by atoms with Crippen LogP contribution in [0.2, 0.25) is 0 Å². The van der Waals surface area contributed by atoms with Gasteiger partial charge < -0.3 is 21.2 Å². The van der Waals surface area contributed by atoms with Crippen molar-refractivity contribution >= 4 is 11.7 Å². The summed E-state index contributed by atoms with van der Waals surface area (Å²) in [4.78, 5) is 14.9. The van der Waals surface area contributed by atoms with Crippen molar-refractivity contribution in [2.75, 3.05) is 19.6 Å². The largest absolute Gasteiger partial charge is 0.409 e. The summed E-state index contributed by atoms with van der Waals surface area (Å²) in [6.45, 7) is 8.82. The Morgan fingerprint density at radius 1 is 1.40 bits per heavy atom. The highest BCUT2D eigenvalue weighted by atomic mass is 16.4. The molecule has 6 heteroatoms. The SMILES string of the molecule is CCC(CC)(C(=O)NC(C)CN1CCCC1)C(N)=NO. The molecule has 0 aromatic rings. The van der Waals surface area contributed by atoms with Crippen molar-refractivity contribution in [2.45, 2.75) is 52.5 Å². The van der Waals surface area contributed by atoms with Gasteiger partial charge in [-0.25, -0.2) is 0 Å². The standard InChI is InChI=1S/C14H28N4O2/c1-4-14(5-2,12(15)17-20)13(19)16-11(3)10-18-8-6-7-9-18/h11,20H,4-10H2,1-3H3,(H2,15,17)(H,16,19). The van der Waals surface area contributed by atoms with Gasteiger partial charge in [0.05, 0.1) is 0 Å². The van der Waals surface area contributed by atoms with E-state index in [9.17, 15) is 4.79 Å². The molecule has 1 rings (SSSR count). The highest BCUT2D eigenvalue weighted by Gasteiger charge is 2.40. The molecule has 1 aliphatic rings. The van der Waals surface area contributed by atoms with Gasteiger partial charge in [0.25, 0.3) is 0 Å². The van der Waals surface area contributed by atoms with E-state index < -0.39 is 5.41 Å². The highest BCUT2D eigenvalue weighted by Crippen LogP contribution is 2.27. The number of hydrogen-bond donors (Lipinski definition) is 3. The van der Waals surface area contributed by atoms with Crippen molar-refractivity contribution in [1.29, 1.82) is 0 Å². The molecule has 1 unspecified atom stereocenters. The smallest absolute Gasteiger partial charge is 0.234 e. The number of nitrogens with two attached hydrogens (primary N) is 1. The second-order valence-electron chi connectivity index (χ2n) is 5.66. The normalized spacial score (nSPS) is 19.1. The Labute approximate surface area is 121 Å². The number of amidine groups is 1. The van der Waals surface area contributed by atoms with Crippen LogP contribution in [0, 0.1) is 5.41 Å². The summed E-state index contributed by atoms with van der Waals surface area (Å²) in [5.74, 6) is -0.155. The molecule has 0 aromatic carbocycles. The lowest BCUT2D eigenvalue weighted by Gasteiger charge is -2.31. The quantitative estimate of drug-likeness (QED) is 0.283. The van der Waals surface area contributed by atoms with Crippen LogP contribution >= 0.6 is 0 Å². The molecule has 0 aliphatic carbocycles. The molecule has 0 radical (unpaired) electrons. The molecule has 0 saturated carbocycles. The number of nitrogens with zero attached hydrogens (tertiary/aromatic N) is 2. The Hall–Kier alpha value is -1.30. The highest BCUT2D eigenvalue weighted by molar-refractivity contribution is 6.06. The molecule has 0 spiro atoms. The van der Waals surface area contributed by atoms with Gasteiger partial charge in [0.2, 0.25) is 5.91 Å². The van der Waals surface area contributed by atoms with E-state index in [4.69, 9.17) is 10.9 Å². The van der Waals surface area contributed by atoms with Crippen LogP contribution in [0.1, 0.15) is 46.5 Å². The third-order valence-corrected chi connectivity index (χ3v) is 4.35. The topological polar surface area (TPSA) is 91.0 Å². The predicted octanol–water partition coefficient (Wildman–Crippen LogP) is 1.14. The Morgan fingerprint density at radius 3 is 2.40 bits per heavy atom. The van der Waals surface area contributed by atoms with E-state index in [1.54, 1.807) is 0 Å². The molecular formula is C14H28N4O2. The lowest BCUT2D eigenvalue weighted by molar-refractivity contribution is -0.128. The van der Waals surface area contributed by atoms with Gasteiger partial charge in [-0.1, -0.05) is 19.0 Å². The fourth-order valence-electron chi connectivity index (χ4n) is 2.91. The molecule has 1 atom stereocenters. The number of carbonyl (C=O) groups is 1. The third kappa shape index (κ3) is 3.62. The second kappa shape index (κ2) is 7.47. The van der Waals surface area contributed by atoms with Crippen molar-refractivity contribution < 1.29 is 10.0 Å². The predicted molar refractivity (Wildman–Crippen MR) is 79.7 cm³/mol. The first-order chi connectivity index (χ1) is 9.50. The molecule has 4 N–H and O–H groups in total. The van der Waals surface area contributed by atoms with E-state index in [0.29, 0.717) is 12.8 Å². The molecular weight excluding hydrogens is 256 g/mol. The maximum atomic E-state index is 12.5. The van der Waals surface area contributed by atoms with Crippen molar-refractivity contribution in [3.05, 3.63) is 0 Å². The van der Waals surface area contributed by atoms with Crippen molar-refractivity contribution in [3.8, 4) is 0 Å². The van der Waals surface area contributed by atoms with E-state index >= 15 is 0 Å². The zero-order valence-corrected chi connectivity index (χ0v) is 12.9. The van der Waals surface area contributed by atoms with E-state index in [2.05, 4.69) is 15.4 Å². The summed E-state index contributed by atoms with van der Waals surface area (Å²) in [7, 11) is 0. The van der Waals surface area contributed by atoms with Gasteiger partial charge in [-0.15, -0.1) is 0 Å². The van der Waals surface area contributed by atoms with Gasteiger partial charge >= 0.3 is 0 Å². The summed E-state index contributed by atoms with van der Waals surface area (Å²) in [5, 5.41) is 15.0. The number of rotatable bonds is 7. The lowest BCUT2D eigenvalue weighted by Crippen LogP contribution is -2.53. The molecule has 116 valence electrons. The zero-order valence-electron chi connectivity index (χ0n) is 12.9. The average Bonchev–Trinajstić information content (AvgIpc) is 2.92. The van der Waals surface area contributed by atoms with Crippen LogP contribution in [0.3, 0.4) is 0 Å². The summed E-state index contributed by atoms with van der Waals surface area (Å²) in [5.41, 5.74) is 4.83. The van der Waals surface area contributed by atoms with Gasteiger partial charge in [0.15, 0.2) is 5.84 Å². The summed E-state index contributed by atoms with van der Waals surface area (Å²) < 4.78 is 0. The molecule has 20 heavy (non-hydrogen) atoms. The zero-order chi connectivity index (χ0) is 15.2. The molecule has 1 fully saturated rings. The average molecular weight is 284 g/mol. The fourth-order valence-corrected chi connectivity index (χ4v) is 2.91. The van der Waals surface area contributed by atoms with E-state index in [1.165, 1.54) is 12.8 Å². The van der Waals surface area contributed by atoms with Crippen molar-refractivity contribution in [2.24, 2.45) is 16.3 Å². The molecule has 1 aliphatic heterocycles. The number of amides is 1. The van der Waals surface area contributed by atoms with Crippen LogP contribution in [0.15, 0.2) is 5.16 Å². The molecule has 1 heterocycles. The van der Waals surface area contributed by atoms with Gasteiger partial charge in [-0.05, 0) is 45.7 Å². The number of oxime groups is 1. The van der Waals surface area contributed by atoms with Crippen LogP contribution in [0.4, 0.5) is 0 Å². The van der Waals surface area contributed by atoms with Crippen LogP contribution in [0.5, 0.6) is 0 Å². The Kier molecular flexibility index (Phi) is 6.26. The maximum Gasteiger partial charge on any atom is 0.234 e. The molecule has 0 bridgehead atoms. The maximum absolute atomic E-state index is 12.5. The summed E-state index contributed by atoms with van der Waals surface area (Å²) in [6.07, 6.45) is 3.50. The minimum absolute atomic E-state index is 0.00614. The molecule has 0 aromatic heterocycles. The Balaban J connectivity index is 2.65. The van der Waals surface area contributed by atoms with E-state index in [-0.39, 0.29) is 17.8 Å². The number of hydrogen-bond acceptors (Lipinski definition) is 4. The van der Waals surface area contributed by atoms with Gasteiger partial charge in [0.1, 0.15) is 5.41 Å². The van der Waals surface area contributed by atoms with Crippen molar-refractivity contribution in [3.63, 3.8) is 0 Å². The minimum atomic E-state index is -0.909.